The van der Waals surface area contributed by atoms with E-state index in [9.17, 15) is 4.79 Å². The van der Waals surface area contributed by atoms with Crippen LogP contribution in [0.15, 0.2) is 24.3 Å². The first-order valence-corrected chi connectivity index (χ1v) is 7.63. The van der Waals surface area contributed by atoms with Gasteiger partial charge in [-0.25, -0.2) is 0 Å². The van der Waals surface area contributed by atoms with Crippen molar-refractivity contribution in [1.82, 2.24) is 10.6 Å². The lowest BCUT2D eigenvalue weighted by Crippen LogP contribution is -2.41. The summed E-state index contributed by atoms with van der Waals surface area (Å²) in [6.45, 7) is 6.74. The molecule has 0 spiro atoms. The zero-order valence-electron chi connectivity index (χ0n) is 12.6. The molecule has 1 amide bonds. The summed E-state index contributed by atoms with van der Waals surface area (Å²) in [4.78, 5) is 12.4. The van der Waals surface area contributed by atoms with Crippen molar-refractivity contribution in [2.45, 2.75) is 32.1 Å². The van der Waals surface area contributed by atoms with E-state index in [0.717, 1.165) is 31.6 Å². The molecule has 0 bridgehead atoms. The van der Waals surface area contributed by atoms with Gasteiger partial charge in [-0.3, -0.25) is 4.79 Å². The molecule has 0 aromatic heterocycles. The highest BCUT2D eigenvalue weighted by Crippen LogP contribution is 2.29. The maximum atomic E-state index is 12.4. The van der Waals surface area contributed by atoms with Crippen LogP contribution in [0.2, 0.25) is 5.02 Å². The van der Waals surface area contributed by atoms with E-state index in [0.29, 0.717) is 10.9 Å². The monoisotopic (exact) mass is 330 g/mol. The summed E-state index contributed by atoms with van der Waals surface area (Å²) >= 11 is 6.20. The lowest BCUT2D eigenvalue weighted by molar-refractivity contribution is -0.125. The van der Waals surface area contributed by atoms with Gasteiger partial charge in [-0.1, -0.05) is 29.8 Å². The Morgan fingerprint density at radius 2 is 2.14 bits per heavy atom. The summed E-state index contributed by atoms with van der Waals surface area (Å²) in [6.07, 6.45) is 2.25. The molecular weight excluding hydrogens is 307 g/mol. The van der Waals surface area contributed by atoms with Gasteiger partial charge in [-0.2, -0.15) is 0 Å². The van der Waals surface area contributed by atoms with E-state index in [1.807, 2.05) is 38.1 Å². The van der Waals surface area contributed by atoms with Crippen molar-refractivity contribution in [2.24, 2.45) is 5.92 Å². The van der Waals surface area contributed by atoms with Crippen LogP contribution < -0.4 is 10.6 Å². The fourth-order valence-corrected chi connectivity index (χ4v) is 3.03. The Hall–Kier alpha value is -0.770. The van der Waals surface area contributed by atoms with Crippen LogP contribution in [0.1, 0.15) is 32.3 Å². The van der Waals surface area contributed by atoms with Crippen molar-refractivity contribution in [3.05, 3.63) is 34.9 Å². The molecular formula is C16H24Cl2N2O. The van der Waals surface area contributed by atoms with Crippen LogP contribution in [-0.2, 0) is 10.2 Å². The number of hydrogen-bond donors (Lipinski definition) is 2. The molecule has 1 aliphatic heterocycles. The highest BCUT2D eigenvalue weighted by atomic mass is 35.5. The topological polar surface area (TPSA) is 41.1 Å². The van der Waals surface area contributed by atoms with Gasteiger partial charge in [0.2, 0.25) is 5.91 Å². The minimum absolute atomic E-state index is 0. The van der Waals surface area contributed by atoms with Gasteiger partial charge in [-0.05, 0) is 57.3 Å². The normalized spacial score (nSPS) is 18.1. The first-order chi connectivity index (χ1) is 9.51. The fourth-order valence-electron chi connectivity index (χ4n) is 2.66. The average molecular weight is 331 g/mol. The van der Waals surface area contributed by atoms with Gasteiger partial charge < -0.3 is 10.6 Å². The Morgan fingerprint density at radius 1 is 1.43 bits per heavy atom. The second kappa shape index (κ2) is 8.02. The second-order valence-corrected chi connectivity index (χ2v) is 6.42. The number of amides is 1. The zero-order chi connectivity index (χ0) is 14.6. The number of halogens is 2. The summed E-state index contributed by atoms with van der Waals surface area (Å²) in [7, 11) is 0. The van der Waals surface area contributed by atoms with Gasteiger partial charge in [0.15, 0.2) is 0 Å². The molecule has 1 aliphatic rings. The van der Waals surface area contributed by atoms with Crippen LogP contribution in [0.3, 0.4) is 0 Å². The molecule has 0 radical (unpaired) electrons. The van der Waals surface area contributed by atoms with E-state index in [-0.39, 0.29) is 18.3 Å². The molecule has 1 unspecified atom stereocenters. The van der Waals surface area contributed by atoms with Gasteiger partial charge in [0.05, 0.1) is 5.41 Å². The van der Waals surface area contributed by atoms with E-state index < -0.39 is 5.41 Å². The van der Waals surface area contributed by atoms with Crippen molar-refractivity contribution in [3.8, 4) is 0 Å². The molecule has 118 valence electrons. The Labute approximate surface area is 138 Å². The molecule has 0 saturated carbocycles. The number of benzene rings is 1. The summed E-state index contributed by atoms with van der Waals surface area (Å²) in [5, 5.41) is 7.04. The molecule has 1 heterocycles. The van der Waals surface area contributed by atoms with Crippen LogP contribution in [0.25, 0.3) is 0 Å². The first kappa shape index (κ1) is 18.3. The highest BCUT2D eigenvalue weighted by Gasteiger charge is 2.31. The van der Waals surface area contributed by atoms with E-state index >= 15 is 0 Å². The summed E-state index contributed by atoms with van der Waals surface area (Å²) in [5.41, 5.74) is 0.272. The summed E-state index contributed by atoms with van der Waals surface area (Å²) < 4.78 is 0. The minimum atomic E-state index is -0.605. The van der Waals surface area contributed by atoms with E-state index in [2.05, 4.69) is 10.6 Å². The fraction of sp³-hybridized carbons (Fsp3) is 0.562. The number of nitrogens with one attached hydrogen (secondary N) is 2. The van der Waals surface area contributed by atoms with Crippen molar-refractivity contribution < 1.29 is 4.79 Å². The van der Waals surface area contributed by atoms with Gasteiger partial charge in [0.25, 0.3) is 0 Å². The number of hydrogen-bond acceptors (Lipinski definition) is 2. The van der Waals surface area contributed by atoms with Crippen molar-refractivity contribution in [1.29, 1.82) is 0 Å². The van der Waals surface area contributed by atoms with E-state index in [1.165, 1.54) is 6.42 Å². The second-order valence-electron chi connectivity index (χ2n) is 6.01. The smallest absolute Gasteiger partial charge is 0.230 e. The predicted octanol–water partition coefficient (Wildman–Crippen LogP) is 3.16. The standard InChI is InChI=1S/C16H23ClN2O.ClH/c1-16(2,13-5-3-4-6-14(13)17)15(20)19-10-8-12-7-9-18-11-12;/h3-6,12,18H,7-11H2,1-2H3,(H,19,20);1H. The van der Waals surface area contributed by atoms with Crippen molar-refractivity contribution >= 4 is 29.9 Å². The molecule has 1 aromatic rings. The van der Waals surface area contributed by atoms with Crippen LogP contribution in [-0.4, -0.2) is 25.5 Å². The molecule has 3 nitrogen and oxygen atoms in total. The summed E-state index contributed by atoms with van der Waals surface area (Å²) in [6, 6.07) is 7.55. The molecule has 1 fully saturated rings. The third-order valence-electron chi connectivity index (χ3n) is 4.12. The van der Waals surface area contributed by atoms with Crippen LogP contribution in [0, 0.1) is 5.92 Å². The first-order valence-electron chi connectivity index (χ1n) is 7.26. The third kappa shape index (κ3) is 4.60. The lowest BCUT2D eigenvalue weighted by atomic mass is 9.83. The Morgan fingerprint density at radius 3 is 2.76 bits per heavy atom. The molecule has 2 N–H and O–H groups in total. The molecule has 21 heavy (non-hydrogen) atoms. The van der Waals surface area contributed by atoms with Gasteiger partial charge in [0, 0.05) is 11.6 Å². The molecule has 1 aromatic carbocycles. The average Bonchev–Trinajstić information content (AvgIpc) is 2.92. The number of carbonyl (C=O) groups is 1. The quantitative estimate of drug-likeness (QED) is 0.870. The van der Waals surface area contributed by atoms with Gasteiger partial charge in [-0.15, -0.1) is 12.4 Å². The highest BCUT2D eigenvalue weighted by molar-refractivity contribution is 6.31. The Bertz CT molecular complexity index is 471. The molecule has 1 atom stereocenters. The minimum Gasteiger partial charge on any atom is -0.355 e. The summed E-state index contributed by atoms with van der Waals surface area (Å²) in [5.74, 6) is 0.732. The maximum absolute atomic E-state index is 12.4. The van der Waals surface area contributed by atoms with Crippen molar-refractivity contribution in [2.75, 3.05) is 19.6 Å². The molecule has 5 heteroatoms. The van der Waals surface area contributed by atoms with Crippen molar-refractivity contribution in [3.63, 3.8) is 0 Å². The molecule has 2 rings (SSSR count). The maximum Gasteiger partial charge on any atom is 0.230 e. The van der Waals surface area contributed by atoms with E-state index in [1.54, 1.807) is 0 Å². The number of carbonyl (C=O) groups excluding carboxylic acids is 1. The molecule has 0 aliphatic carbocycles. The Kier molecular flexibility index (Phi) is 6.98. The van der Waals surface area contributed by atoms with Gasteiger partial charge in [0.1, 0.15) is 0 Å². The Balaban J connectivity index is 0.00000220. The van der Waals surface area contributed by atoms with Crippen LogP contribution >= 0.6 is 24.0 Å². The lowest BCUT2D eigenvalue weighted by Gasteiger charge is -2.25. The van der Waals surface area contributed by atoms with Crippen LogP contribution in [0.4, 0.5) is 0 Å². The molecule has 1 saturated heterocycles. The largest absolute Gasteiger partial charge is 0.355 e. The number of rotatable bonds is 5. The zero-order valence-corrected chi connectivity index (χ0v) is 14.2. The van der Waals surface area contributed by atoms with Gasteiger partial charge >= 0.3 is 0 Å². The SMILES string of the molecule is CC(C)(C(=O)NCCC1CCNC1)c1ccccc1Cl.Cl. The van der Waals surface area contributed by atoms with E-state index in [4.69, 9.17) is 11.6 Å². The third-order valence-corrected chi connectivity index (χ3v) is 4.44. The predicted molar refractivity (Wildman–Crippen MR) is 90.3 cm³/mol. The van der Waals surface area contributed by atoms with Crippen LogP contribution in [0.5, 0.6) is 0 Å².